The number of carbonyl (C=O) groups is 1. The maximum Gasteiger partial charge on any atom is 0.307 e. The van der Waals surface area contributed by atoms with E-state index < -0.39 is 0 Å². The number of benzene rings is 3. The van der Waals surface area contributed by atoms with E-state index in [2.05, 4.69) is 67.3 Å². The number of ether oxygens (including phenoxy) is 1. The molecule has 0 aliphatic rings. The summed E-state index contributed by atoms with van der Waals surface area (Å²) in [6.45, 7) is 7.69. The van der Waals surface area contributed by atoms with Crippen LogP contribution < -0.4 is 0 Å². The molecule has 0 aliphatic heterocycles. The fourth-order valence-corrected chi connectivity index (χ4v) is 3.63. The fourth-order valence-electron chi connectivity index (χ4n) is 3.63. The first kappa shape index (κ1) is 21.8. The summed E-state index contributed by atoms with van der Waals surface area (Å²) in [5, 5.41) is 0. The molecule has 0 N–H and O–H groups in total. The summed E-state index contributed by atoms with van der Waals surface area (Å²) < 4.78 is 5.62. The van der Waals surface area contributed by atoms with E-state index in [1.165, 1.54) is 5.56 Å². The van der Waals surface area contributed by atoms with Gasteiger partial charge in [-0.1, -0.05) is 98.8 Å². The summed E-state index contributed by atoms with van der Waals surface area (Å²) in [6.07, 6.45) is 0.327. The lowest BCUT2D eigenvalue weighted by molar-refractivity contribution is -0.145. The van der Waals surface area contributed by atoms with Crippen molar-refractivity contribution in [3.63, 3.8) is 0 Å². The van der Waals surface area contributed by atoms with Crippen molar-refractivity contribution in [1.82, 2.24) is 4.90 Å². The minimum absolute atomic E-state index is 0.00338. The molecule has 3 aromatic carbocycles. The topological polar surface area (TPSA) is 29.5 Å². The van der Waals surface area contributed by atoms with Crippen LogP contribution in [0.25, 0.3) is 0 Å². The average Bonchev–Trinajstić information content (AvgIpc) is 2.81. The summed E-state index contributed by atoms with van der Waals surface area (Å²) >= 11 is 0. The molecule has 0 fully saturated rings. The van der Waals surface area contributed by atoms with Crippen LogP contribution in [0.3, 0.4) is 0 Å². The highest BCUT2D eigenvalue weighted by Gasteiger charge is 2.19. The van der Waals surface area contributed by atoms with Gasteiger partial charge in [0.1, 0.15) is 6.61 Å². The van der Waals surface area contributed by atoms with Crippen molar-refractivity contribution in [2.45, 2.75) is 39.3 Å². The Morgan fingerprint density at radius 1 is 0.767 bits per heavy atom. The van der Waals surface area contributed by atoms with Gasteiger partial charge in [0.25, 0.3) is 0 Å². The molecular weight excluding hydrogens is 370 g/mol. The molecule has 30 heavy (non-hydrogen) atoms. The number of rotatable bonds is 10. The summed E-state index contributed by atoms with van der Waals surface area (Å²) in [5.74, 6) is -0.184. The van der Waals surface area contributed by atoms with Crippen molar-refractivity contribution in [3.05, 3.63) is 107 Å². The van der Waals surface area contributed by atoms with Crippen LogP contribution in [0.4, 0.5) is 0 Å². The Morgan fingerprint density at radius 2 is 1.27 bits per heavy atom. The van der Waals surface area contributed by atoms with Crippen LogP contribution in [0.5, 0.6) is 0 Å². The van der Waals surface area contributed by atoms with Crippen molar-refractivity contribution in [2.75, 3.05) is 13.1 Å². The molecule has 156 valence electrons. The van der Waals surface area contributed by atoms with Crippen LogP contribution in [0.15, 0.2) is 84.9 Å². The lowest BCUT2D eigenvalue weighted by atomic mass is 9.89. The summed E-state index contributed by atoms with van der Waals surface area (Å²) in [7, 11) is 0. The van der Waals surface area contributed by atoms with Gasteiger partial charge in [0.05, 0.1) is 6.42 Å². The monoisotopic (exact) mass is 401 g/mol. The highest BCUT2D eigenvalue weighted by molar-refractivity contribution is 5.71. The predicted octanol–water partition coefficient (Wildman–Crippen LogP) is 5.79. The Bertz CT molecular complexity index is 848. The van der Waals surface area contributed by atoms with E-state index in [4.69, 9.17) is 4.74 Å². The molecular formula is C27H31NO2. The maximum atomic E-state index is 12.6. The van der Waals surface area contributed by atoms with Gasteiger partial charge in [-0.15, -0.1) is 0 Å². The minimum Gasteiger partial charge on any atom is -0.461 e. The second-order valence-electron chi connectivity index (χ2n) is 7.52. The first-order valence-electron chi connectivity index (χ1n) is 10.7. The lowest BCUT2D eigenvalue weighted by Gasteiger charge is -2.18. The third-order valence-corrected chi connectivity index (χ3v) is 5.50. The summed E-state index contributed by atoms with van der Waals surface area (Å²) in [4.78, 5) is 15.0. The van der Waals surface area contributed by atoms with Crippen LogP contribution in [0.2, 0.25) is 0 Å². The third-order valence-electron chi connectivity index (χ3n) is 5.50. The van der Waals surface area contributed by atoms with Crippen molar-refractivity contribution in [1.29, 1.82) is 0 Å². The second-order valence-corrected chi connectivity index (χ2v) is 7.52. The number of esters is 1. The smallest absolute Gasteiger partial charge is 0.307 e. The molecule has 0 saturated heterocycles. The zero-order chi connectivity index (χ0) is 21.2. The van der Waals surface area contributed by atoms with Crippen molar-refractivity contribution in [2.24, 2.45) is 0 Å². The molecule has 0 bridgehead atoms. The van der Waals surface area contributed by atoms with E-state index in [0.717, 1.165) is 36.3 Å². The lowest BCUT2D eigenvalue weighted by Crippen LogP contribution is -2.22. The summed E-state index contributed by atoms with van der Waals surface area (Å²) in [6, 6.07) is 28.7. The van der Waals surface area contributed by atoms with Crippen LogP contribution in [-0.4, -0.2) is 24.0 Å². The molecule has 0 unspecified atom stereocenters. The van der Waals surface area contributed by atoms with E-state index in [-0.39, 0.29) is 11.9 Å². The Balaban J connectivity index is 1.59. The van der Waals surface area contributed by atoms with Gasteiger partial charge in [0, 0.05) is 12.5 Å². The highest BCUT2D eigenvalue weighted by atomic mass is 16.5. The van der Waals surface area contributed by atoms with Crippen LogP contribution in [-0.2, 0) is 22.7 Å². The number of hydrogen-bond donors (Lipinski definition) is 0. The van der Waals surface area contributed by atoms with Gasteiger partial charge in [0.2, 0.25) is 0 Å². The molecule has 0 spiro atoms. The van der Waals surface area contributed by atoms with Gasteiger partial charge in [-0.25, -0.2) is 0 Å². The van der Waals surface area contributed by atoms with Gasteiger partial charge in [0.15, 0.2) is 0 Å². The van der Waals surface area contributed by atoms with Gasteiger partial charge >= 0.3 is 5.97 Å². The Labute approximate surface area is 180 Å². The maximum absolute atomic E-state index is 12.6. The Hall–Kier alpha value is -2.91. The predicted molar refractivity (Wildman–Crippen MR) is 122 cm³/mol. The average molecular weight is 402 g/mol. The molecule has 0 amide bonds. The molecule has 3 aromatic rings. The van der Waals surface area contributed by atoms with Gasteiger partial charge in [-0.05, 0) is 35.3 Å². The summed E-state index contributed by atoms with van der Waals surface area (Å²) in [5.41, 5.74) is 4.55. The molecule has 0 atom stereocenters. The quantitative estimate of drug-likeness (QED) is 0.403. The Kier molecular flexibility index (Phi) is 8.22. The van der Waals surface area contributed by atoms with E-state index in [1.807, 2.05) is 36.4 Å². The van der Waals surface area contributed by atoms with Crippen molar-refractivity contribution >= 4 is 5.97 Å². The van der Waals surface area contributed by atoms with E-state index in [9.17, 15) is 4.79 Å². The normalized spacial score (nSPS) is 11.1. The fraction of sp³-hybridized carbons (Fsp3) is 0.296. The van der Waals surface area contributed by atoms with E-state index in [0.29, 0.717) is 13.0 Å². The molecule has 0 saturated carbocycles. The second kappa shape index (κ2) is 11.3. The number of carbonyl (C=O) groups excluding carboxylic acids is 1. The largest absolute Gasteiger partial charge is 0.461 e. The van der Waals surface area contributed by atoms with Crippen LogP contribution in [0.1, 0.15) is 48.4 Å². The molecule has 0 aromatic heterocycles. The molecule has 3 heteroatoms. The van der Waals surface area contributed by atoms with Crippen molar-refractivity contribution in [3.8, 4) is 0 Å². The van der Waals surface area contributed by atoms with Gasteiger partial charge < -0.3 is 4.74 Å². The van der Waals surface area contributed by atoms with Crippen molar-refractivity contribution < 1.29 is 9.53 Å². The third kappa shape index (κ3) is 6.30. The van der Waals surface area contributed by atoms with Gasteiger partial charge in [-0.3, -0.25) is 9.69 Å². The standard InChI is InChI=1S/C27H31NO2/c1-3-28(4-2)20-22-15-17-23(18-16-22)21-30-27(29)19-26(24-11-7-5-8-12-24)25-13-9-6-10-14-25/h5-18,26H,3-4,19-21H2,1-2H3. The van der Waals surface area contributed by atoms with Crippen LogP contribution in [0, 0.1) is 0 Å². The zero-order valence-corrected chi connectivity index (χ0v) is 18.0. The molecule has 3 rings (SSSR count). The number of nitrogens with zero attached hydrogens (tertiary/aromatic N) is 1. The zero-order valence-electron chi connectivity index (χ0n) is 18.0. The molecule has 0 heterocycles. The van der Waals surface area contributed by atoms with E-state index in [1.54, 1.807) is 0 Å². The highest BCUT2D eigenvalue weighted by Crippen LogP contribution is 2.28. The SMILES string of the molecule is CCN(CC)Cc1ccc(COC(=O)CC(c2ccccc2)c2ccccc2)cc1. The first-order chi connectivity index (χ1) is 14.7. The molecule has 0 aliphatic carbocycles. The van der Waals surface area contributed by atoms with Gasteiger partial charge in [-0.2, -0.15) is 0 Å². The molecule has 3 nitrogen and oxygen atoms in total. The Morgan fingerprint density at radius 3 is 1.77 bits per heavy atom. The first-order valence-corrected chi connectivity index (χ1v) is 10.7. The minimum atomic E-state index is -0.181. The number of hydrogen-bond acceptors (Lipinski definition) is 3. The molecule has 0 radical (unpaired) electrons. The van der Waals surface area contributed by atoms with E-state index >= 15 is 0 Å². The van der Waals surface area contributed by atoms with Crippen LogP contribution >= 0.6 is 0 Å².